The van der Waals surface area contributed by atoms with Gasteiger partial charge in [-0.3, -0.25) is 14.6 Å². The van der Waals surface area contributed by atoms with Crippen LogP contribution < -0.4 is 10.6 Å². The van der Waals surface area contributed by atoms with Crippen molar-refractivity contribution in [2.75, 3.05) is 11.9 Å². The van der Waals surface area contributed by atoms with E-state index in [0.717, 1.165) is 9.87 Å². The third-order valence-corrected chi connectivity index (χ3v) is 8.45. The SMILES string of the molecule is O=C(CC1C(=O)Nc2ccccc2CN1S(=O)(=O)c1cccc(Cl)c1Cl)NCCc1ccncc1. The van der Waals surface area contributed by atoms with Crippen LogP contribution >= 0.6 is 23.2 Å². The van der Waals surface area contributed by atoms with Crippen LogP contribution in [0.3, 0.4) is 0 Å². The Kier molecular flexibility index (Phi) is 7.71. The first kappa shape index (κ1) is 25.1. The summed E-state index contributed by atoms with van der Waals surface area (Å²) in [5, 5.41) is 5.43. The van der Waals surface area contributed by atoms with Crippen LogP contribution in [0.15, 0.2) is 71.9 Å². The standard InChI is InChI=1S/C24H22Cl2N4O4S/c25-18-5-3-7-21(23(18)26)35(33,34)30-15-17-4-1-2-6-19(17)29-24(32)20(30)14-22(31)28-13-10-16-8-11-27-12-9-16/h1-9,11-12,20H,10,13-15H2,(H,28,31)(H,29,32). The molecule has 1 unspecified atom stereocenters. The molecule has 0 saturated carbocycles. The van der Waals surface area contributed by atoms with Crippen molar-refractivity contribution in [3.8, 4) is 0 Å². The van der Waals surface area contributed by atoms with Crippen LogP contribution in [0.25, 0.3) is 0 Å². The predicted molar refractivity (Wildman–Crippen MR) is 134 cm³/mol. The van der Waals surface area contributed by atoms with E-state index in [1.165, 1.54) is 18.2 Å². The van der Waals surface area contributed by atoms with E-state index in [1.54, 1.807) is 36.7 Å². The van der Waals surface area contributed by atoms with Gasteiger partial charge >= 0.3 is 0 Å². The van der Waals surface area contributed by atoms with Crippen LogP contribution in [0.4, 0.5) is 5.69 Å². The average Bonchev–Trinajstić information content (AvgIpc) is 2.98. The second-order valence-electron chi connectivity index (χ2n) is 7.92. The fourth-order valence-electron chi connectivity index (χ4n) is 3.81. The molecule has 2 N–H and O–H groups in total. The number of nitrogens with zero attached hydrogens (tertiary/aromatic N) is 2. The number of amides is 2. The zero-order valence-corrected chi connectivity index (χ0v) is 20.8. The smallest absolute Gasteiger partial charge is 0.245 e. The molecule has 0 bridgehead atoms. The number of halogens is 2. The van der Waals surface area contributed by atoms with Crippen LogP contribution in [0.1, 0.15) is 17.5 Å². The summed E-state index contributed by atoms with van der Waals surface area (Å²) in [6.45, 7) is 0.194. The van der Waals surface area contributed by atoms with Crippen molar-refractivity contribution in [2.24, 2.45) is 0 Å². The zero-order valence-electron chi connectivity index (χ0n) is 18.4. The van der Waals surface area contributed by atoms with Gasteiger partial charge in [-0.15, -0.1) is 0 Å². The summed E-state index contributed by atoms with van der Waals surface area (Å²) in [5.41, 5.74) is 2.06. The van der Waals surface area contributed by atoms with Gasteiger partial charge < -0.3 is 10.6 Å². The molecule has 1 atom stereocenters. The number of nitrogens with one attached hydrogen (secondary N) is 2. The van der Waals surface area contributed by atoms with Crippen LogP contribution in [-0.2, 0) is 32.6 Å². The molecule has 1 aromatic heterocycles. The molecule has 0 fully saturated rings. The Morgan fingerprint density at radius 3 is 2.60 bits per heavy atom. The molecule has 8 nitrogen and oxygen atoms in total. The van der Waals surface area contributed by atoms with Crippen LogP contribution in [-0.4, -0.2) is 42.1 Å². The lowest BCUT2D eigenvalue weighted by atomic mass is 10.1. The van der Waals surface area contributed by atoms with E-state index in [2.05, 4.69) is 15.6 Å². The normalized spacial score (nSPS) is 16.2. The third kappa shape index (κ3) is 5.65. The lowest BCUT2D eigenvalue weighted by Crippen LogP contribution is -2.47. The van der Waals surface area contributed by atoms with E-state index in [4.69, 9.17) is 23.2 Å². The monoisotopic (exact) mass is 532 g/mol. The molecule has 0 radical (unpaired) electrons. The minimum Gasteiger partial charge on any atom is -0.356 e. The fourth-order valence-corrected chi connectivity index (χ4v) is 6.11. The largest absolute Gasteiger partial charge is 0.356 e. The van der Waals surface area contributed by atoms with Crippen molar-refractivity contribution in [2.45, 2.75) is 30.3 Å². The average molecular weight is 533 g/mol. The third-order valence-electron chi connectivity index (χ3n) is 5.62. The molecular weight excluding hydrogens is 511 g/mol. The Balaban J connectivity index is 1.62. The molecule has 1 aliphatic heterocycles. The van der Waals surface area contributed by atoms with Gasteiger partial charge in [0.05, 0.1) is 16.5 Å². The number of pyridine rings is 1. The highest BCUT2D eigenvalue weighted by molar-refractivity contribution is 7.89. The maximum absolute atomic E-state index is 13.7. The van der Waals surface area contributed by atoms with Crippen molar-refractivity contribution in [3.63, 3.8) is 0 Å². The second kappa shape index (κ2) is 10.7. The van der Waals surface area contributed by atoms with Gasteiger partial charge in [-0.2, -0.15) is 4.31 Å². The molecule has 35 heavy (non-hydrogen) atoms. The van der Waals surface area contributed by atoms with Gasteiger partial charge in [0.15, 0.2) is 0 Å². The highest BCUT2D eigenvalue weighted by atomic mass is 35.5. The molecule has 1 aliphatic rings. The molecule has 11 heteroatoms. The number of anilines is 1. The number of carbonyl (C=O) groups excluding carboxylic acids is 2. The predicted octanol–water partition coefficient (Wildman–Crippen LogP) is 3.65. The van der Waals surface area contributed by atoms with Crippen LogP contribution in [0, 0.1) is 0 Å². The lowest BCUT2D eigenvalue weighted by Gasteiger charge is -2.28. The molecule has 182 valence electrons. The summed E-state index contributed by atoms with van der Waals surface area (Å²) in [5.74, 6) is -1.07. The molecule has 2 aromatic carbocycles. The second-order valence-corrected chi connectivity index (χ2v) is 10.6. The van der Waals surface area contributed by atoms with Gasteiger partial charge in [0.1, 0.15) is 10.9 Å². The first-order valence-electron chi connectivity index (χ1n) is 10.8. The summed E-state index contributed by atoms with van der Waals surface area (Å²) >= 11 is 12.3. The lowest BCUT2D eigenvalue weighted by molar-refractivity contribution is -0.127. The molecule has 0 aliphatic carbocycles. The van der Waals surface area contributed by atoms with Crippen LogP contribution in [0.5, 0.6) is 0 Å². The summed E-state index contributed by atoms with van der Waals surface area (Å²) in [7, 11) is -4.30. The highest BCUT2D eigenvalue weighted by Gasteiger charge is 2.40. The van der Waals surface area contributed by atoms with Gasteiger partial charge in [0, 0.05) is 31.2 Å². The molecule has 0 spiro atoms. The van der Waals surface area contributed by atoms with Gasteiger partial charge in [-0.1, -0.05) is 47.5 Å². The highest BCUT2D eigenvalue weighted by Crippen LogP contribution is 2.34. The van der Waals surface area contributed by atoms with E-state index >= 15 is 0 Å². The molecule has 4 rings (SSSR count). The number of sulfonamides is 1. The minimum absolute atomic E-state index is 0.0674. The van der Waals surface area contributed by atoms with Crippen molar-refractivity contribution in [3.05, 3.63) is 88.2 Å². The summed E-state index contributed by atoms with van der Waals surface area (Å²) in [4.78, 5) is 29.7. The Hall–Kier alpha value is -2.98. The quantitative estimate of drug-likeness (QED) is 0.482. The van der Waals surface area contributed by atoms with Crippen molar-refractivity contribution in [1.82, 2.24) is 14.6 Å². The number of hydrogen-bond donors (Lipinski definition) is 2. The van der Waals surface area contributed by atoms with Gasteiger partial charge in [-0.25, -0.2) is 8.42 Å². The number of para-hydroxylation sites is 1. The first-order valence-corrected chi connectivity index (χ1v) is 13.0. The number of aromatic nitrogens is 1. The molecule has 2 amide bonds. The summed E-state index contributed by atoms with van der Waals surface area (Å²) < 4.78 is 28.5. The fraction of sp³-hybridized carbons (Fsp3) is 0.208. The van der Waals surface area contributed by atoms with Crippen molar-refractivity contribution in [1.29, 1.82) is 0 Å². The number of carbonyl (C=O) groups is 2. The maximum Gasteiger partial charge on any atom is 0.245 e. The molecule has 2 heterocycles. The number of hydrogen-bond acceptors (Lipinski definition) is 5. The van der Waals surface area contributed by atoms with E-state index in [0.29, 0.717) is 24.2 Å². The van der Waals surface area contributed by atoms with Crippen molar-refractivity contribution < 1.29 is 18.0 Å². The zero-order chi connectivity index (χ0) is 25.0. The van der Waals surface area contributed by atoms with E-state index < -0.39 is 27.9 Å². The van der Waals surface area contributed by atoms with E-state index in [1.807, 2.05) is 12.1 Å². The number of benzene rings is 2. The summed E-state index contributed by atoms with van der Waals surface area (Å²) in [6.07, 6.45) is 3.52. The van der Waals surface area contributed by atoms with Crippen molar-refractivity contribution >= 4 is 50.7 Å². The molecule has 3 aromatic rings. The molecule has 0 saturated heterocycles. The minimum atomic E-state index is -4.30. The molecular formula is C24H22Cl2N4O4S. The Labute approximate surface area is 213 Å². The maximum atomic E-state index is 13.7. The Morgan fingerprint density at radius 2 is 1.83 bits per heavy atom. The topological polar surface area (TPSA) is 108 Å². The van der Waals surface area contributed by atoms with Gasteiger partial charge in [0.25, 0.3) is 0 Å². The summed E-state index contributed by atoms with van der Waals surface area (Å²) in [6, 6.07) is 13.5. The first-order chi connectivity index (χ1) is 16.8. The van der Waals surface area contributed by atoms with E-state index in [-0.39, 0.29) is 27.9 Å². The van der Waals surface area contributed by atoms with Crippen LogP contribution in [0.2, 0.25) is 10.0 Å². The number of fused-ring (bicyclic) bond motifs is 1. The van der Waals surface area contributed by atoms with Gasteiger partial charge in [0.2, 0.25) is 21.8 Å². The van der Waals surface area contributed by atoms with Gasteiger partial charge in [-0.05, 0) is 47.9 Å². The van der Waals surface area contributed by atoms with E-state index in [9.17, 15) is 18.0 Å². The Bertz CT molecular complexity index is 1350. The Morgan fingerprint density at radius 1 is 1.09 bits per heavy atom. The number of rotatable bonds is 7.